The Kier molecular flexibility index (Phi) is 4.87. The molecule has 0 saturated carbocycles. The molecule has 4 rings (SSSR count). The molecule has 3 aromatic rings. The molecule has 0 radical (unpaired) electrons. The lowest BCUT2D eigenvalue weighted by atomic mass is 10.0. The van der Waals surface area contributed by atoms with Crippen LogP contribution in [0.15, 0.2) is 54.6 Å². The number of methoxy groups -OCH3 is 3. The third-order valence-electron chi connectivity index (χ3n) is 4.60. The molecule has 7 heteroatoms. The summed E-state index contributed by atoms with van der Waals surface area (Å²) >= 11 is 0. The van der Waals surface area contributed by atoms with Gasteiger partial charge in [0.15, 0.2) is 0 Å². The molecule has 0 bridgehead atoms. The van der Waals surface area contributed by atoms with E-state index in [4.69, 9.17) is 14.2 Å². The molecule has 1 aliphatic rings. The van der Waals surface area contributed by atoms with Gasteiger partial charge < -0.3 is 14.2 Å². The number of para-hydroxylation sites is 2. The molecular weight excluding hydrogens is 370 g/mol. The number of rotatable bonds is 5. The van der Waals surface area contributed by atoms with Crippen molar-refractivity contribution in [3.8, 4) is 17.8 Å². The van der Waals surface area contributed by atoms with Crippen molar-refractivity contribution in [2.45, 2.75) is 0 Å². The molecule has 1 aromatic heterocycles. The molecule has 0 N–H and O–H groups in total. The minimum Gasteiger partial charge on any atom is -0.480 e. The Labute approximate surface area is 168 Å². The number of fused-ring (bicyclic) bond motifs is 1. The van der Waals surface area contributed by atoms with Gasteiger partial charge in [-0.2, -0.15) is 9.97 Å². The zero-order valence-corrected chi connectivity index (χ0v) is 16.2. The van der Waals surface area contributed by atoms with Gasteiger partial charge in [-0.15, -0.1) is 0 Å². The molecular formula is C22H19N3O4. The number of nitrogens with zero attached hydrogens (tertiary/aromatic N) is 3. The first-order valence-electron chi connectivity index (χ1n) is 8.92. The van der Waals surface area contributed by atoms with Gasteiger partial charge in [0, 0.05) is 11.3 Å². The van der Waals surface area contributed by atoms with E-state index in [2.05, 4.69) is 9.97 Å². The monoisotopic (exact) mass is 389 g/mol. The summed E-state index contributed by atoms with van der Waals surface area (Å²) in [5.41, 5.74) is 3.36. The van der Waals surface area contributed by atoms with Crippen LogP contribution in [0.2, 0.25) is 0 Å². The number of hydrogen-bond donors (Lipinski definition) is 0. The quantitative estimate of drug-likeness (QED) is 0.619. The van der Waals surface area contributed by atoms with Gasteiger partial charge >= 0.3 is 6.01 Å². The molecule has 0 unspecified atom stereocenters. The van der Waals surface area contributed by atoms with Crippen molar-refractivity contribution in [1.82, 2.24) is 9.97 Å². The normalized spacial score (nSPS) is 14.1. The highest BCUT2D eigenvalue weighted by Crippen LogP contribution is 2.43. The summed E-state index contributed by atoms with van der Waals surface area (Å²) in [6.45, 7) is 0. The summed E-state index contributed by atoms with van der Waals surface area (Å²) in [5.74, 6) is 0.353. The molecule has 0 fully saturated rings. The summed E-state index contributed by atoms with van der Waals surface area (Å²) in [6.07, 6.45) is 1.70. The summed E-state index contributed by atoms with van der Waals surface area (Å²) < 4.78 is 15.9. The molecule has 0 spiro atoms. The van der Waals surface area contributed by atoms with Crippen molar-refractivity contribution >= 4 is 28.9 Å². The fourth-order valence-electron chi connectivity index (χ4n) is 3.30. The molecule has 0 aliphatic carbocycles. The number of carbonyl (C=O) groups is 1. The van der Waals surface area contributed by atoms with Gasteiger partial charge in [-0.05, 0) is 24.3 Å². The van der Waals surface area contributed by atoms with Gasteiger partial charge in [0.25, 0.3) is 5.91 Å². The molecule has 2 heterocycles. The fraction of sp³-hybridized carbons (Fsp3) is 0.136. The van der Waals surface area contributed by atoms with E-state index in [1.807, 2.05) is 54.6 Å². The standard InChI is InChI=1S/C22H19N3O4/c1-27-19-17(20(28-2)24-22(23-19)29-3)13-16-15-11-7-8-12-18(15)25(21(16)26)14-9-5-4-6-10-14/h4-13H,1-3H3/b16-13-. The second-order valence-electron chi connectivity index (χ2n) is 6.19. The first-order valence-corrected chi connectivity index (χ1v) is 8.92. The first-order chi connectivity index (χ1) is 14.2. The highest BCUT2D eigenvalue weighted by atomic mass is 16.5. The van der Waals surface area contributed by atoms with Crippen LogP contribution < -0.4 is 19.1 Å². The summed E-state index contributed by atoms with van der Waals surface area (Å²) in [4.78, 5) is 23.5. The van der Waals surface area contributed by atoms with E-state index in [1.165, 1.54) is 21.3 Å². The fourth-order valence-corrected chi connectivity index (χ4v) is 3.30. The first kappa shape index (κ1) is 18.5. The highest BCUT2D eigenvalue weighted by Gasteiger charge is 2.34. The zero-order valence-electron chi connectivity index (χ0n) is 16.2. The highest BCUT2D eigenvalue weighted by molar-refractivity contribution is 6.38. The number of aromatic nitrogens is 2. The third-order valence-corrected chi connectivity index (χ3v) is 4.60. The Bertz CT molecular complexity index is 1070. The van der Waals surface area contributed by atoms with E-state index < -0.39 is 0 Å². The second-order valence-corrected chi connectivity index (χ2v) is 6.19. The second kappa shape index (κ2) is 7.63. The Balaban J connectivity index is 1.90. The van der Waals surface area contributed by atoms with Crippen molar-refractivity contribution < 1.29 is 19.0 Å². The van der Waals surface area contributed by atoms with Crippen LogP contribution in [0.25, 0.3) is 11.6 Å². The van der Waals surface area contributed by atoms with E-state index >= 15 is 0 Å². The van der Waals surface area contributed by atoms with Crippen molar-refractivity contribution in [1.29, 1.82) is 0 Å². The van der Waals surface area contributed by atoms with E-state index in [0.29, 0.717) is 11.1 Å². The number of ether oxygens (including phenoxy) is 3. The minimum absolute atomic E-state index is 0.116. The number of anilines is 2. The number of carbonyl (C=O) groups excluding carboxylic acids is 1. The van der Waals surface area contributed by atoms with Crippen LogP contribution >= 0.6 is 0 Å². The average molecular weight is 389 g/mol. The molecule has 29 heavy (non-hydrogen) atoms. The molecule has 1 amide bonds. The zero-order chi connectivity index (χ0) is 20.4. The van der Waals surface area contributed by atoms with Crippen LogP contribution in [-0.4, -0.2) is 37.2 Å². The van der Waals surface area contributed by atoms with Gasteiger partial charge in [-0.1, -0.05) is 36.4 Å². The van der Waals surface area contributed by atoms with Crippen LogP contribution in [0, 0.1) is 0 Å². The maximum Gasteiger partial charge on any atom is 0.322 e. The Hall–Kier alpha value is -3.87. The van der Waals surface area contributed by atoms with Crippen molar-refractivity contribution in [2.24, 2.45) is 0 Å². The maximum atomic E-state index is 13.4. The summed E-state index contributed by atoms with van der Waals surface area (Å²) in [5, 5.41) is 0. The van der Waals surface area contributed by atoms with Gasteiger partial charge in [-0.25, -0.2) is 0 Å². The molecule has 1 aliphatic heterocycles. The van der Waals surface area contributed by atoms with Gasteiger partial charge in [0.05, 0.1) is 38.2 Å². The molecule has 0 atom stereocenters. The average Bonchev–Trinajstić information content (AvgIpc) is 3.05. The Morgan fingerprint density at radius 3 is 2.07 bits per heavy atom. The van der Waals surface area contributed by atoms with Gasteiger partial charge in [-0.3, -0.25) is 9.69 Å². The van der Waals surface area contributed by atoms with Crippen LogP contribution in [0.1, 0.15) is 11.1 Å². The largest absolute Gasteiger partial charge is 0.480 e. The van der Waals surface area contributed by atoms with Crippen LogP contribution in [0.5, 0.6) is 17.8 Å². The van der Waals surface area contributed by atoms with Crippen molar-refractivity contribution in [3.05, 3.63) is 65.7 Å². The third kappa shape index (κ3) is 3.16. The van der Waals surface area contributed by atoms with Crippen LogP contribution in [0.4, 0.5) is 11.4 Å². The van der Waals surface area contributed by atoms with E-state index in [9.17, 15) is 4.79 Å². The molecule has 146 valence electrons. The lowest BCUT2D eigenvalue weighted by Gasteiger charge is -2.17. The lowest BCUT2D eigenvalue weighted by molar-refractivity contribution is -0.112. The van der Waals surface area contributed by atoms with Gasteiger partial charge in [0.2, 0.25) is 11.8 Å². The number of amides is 1. The Morgan fingerprint density at radius 2 is 1.45 bits per heavy atom. The molecule has 7 nitrogen and oxygen atoms in total. The van der Waals surface area contributed by atoms with E-state index in [-0.39, 0.29) is 23.7 Å². The summed E-state index contributed by atoms with van der Waals surface area (Å²) in [6, 6.07) is 17.3. The summed E-state index contributed by atoms with van der Waals surface area (Å²) in [7, 11) is 4.44. The molecule has 2 aromatic carbocycles. The number of benzene rings is 2. The SMILES string of the molecule is COc1nc(OC)c(/C=C2\C(=O)N(c3ccccc3)c3ccccc32)c(OC)n1. The van der Waals surface area contributed by atoms with Gasteiger partial charge in [0.1, 0.15) is 0 Å². The van der Waals surface area contributed by atoms with Crippen LogP contribution in [-0.2, 0) is 4.79 Å². The topological polar surface area (TPSA) is 73.8 Å². The maximum absolute atomic E-state index is 13.4. The lowest BCUT2D eigenvalue weighted by Crippen LogP contribution is -2.20. The van der Waals surface area contributed by atoms with E-state index in [1.54, 1.807) is 11.0 Å². The smallest absolute Gasteiger partial charge is 0.322 e. The van der Waals surface area contributed by atoms with Crippen LogP contribution in [0.3, 0.4) is 0 Å². The predicted octanol–water partition coefficient (Wildman–Crippen LogP) is 3.72. The molecule has 0 saturated heterocycles. The number of hydrogen-bond acceptors (Lipinski definition) is 6. The van der Waals surface area contributed by atoms with Crippen molar-refractivity contribution in [2.75, 3.05) is 26.2 Å². The van der Waals surface area contributed by atoms with E-state index in [0.717, 1.165) is 16.9 Å². The predicted molar refractivity (Wildman–Crippen MR) is 110 cm³/mol. The Morgan fingerprint density at radius 1 is 0.828 bits per heavy atom. The minimum atomic E-state index is -0.155. The van der Waals surface area contributed by atoms with Crippen molar-refractivity contribution in [3.63, 3.8) is 0 Å².